The zero-order valence-electron chi connectivity index (χ0n) is 12.1. The summed E-state index contributed by atoms with van der Waals surface area (Å²) < 4.78 is 0. The molecule has 0 aromatic rings. The third kappa shape index (κ3) is 3.32. The molecule has 5 nitrogen and oxygen atoms in total. The van der Waals surface area contributed by atoms with Gasteiger partial charge in [-0.3, -0.25) is 9.59 Å². The van der Waals surface area contributed by atoms with Gasteiger partial charge in [0.2, 0.25) is 11.8 Å². The number of nitrogens with zero attached hydrogens (tertiary/aromatic N) is 2. The van der Waals surface area contributed by atoms with E-state index >= 15 is 0 Å². The van der Waals surface area contributed by atoms with Crippen molar-refractivity contribution in [2.75, 3.05) is 39.3 Å². The van der Waals surface area contributed by atoms with Crippen LogP contribution >= 0.6 is 0 Å². The molecule has 0 unspecified atom stereocenters. The van der Waals surface area contributed by atoms with Crippen molar-refractivity contribution < 1.29 is 9.59 Å². The minimum atomic E-state index is 0.287. The molecule has 5 heteroatoms. The Morgan fingerprint density at radius 1 is 0.900 bits per heavy atom. The smallest absolute Gasteiger partial charge is 0.225 e. The second kappa shape index (κ2) is 6.12. The number of nitrogens with one attached hydrogen (secondary N) is 1. The van der Waals surface area contributed by atoms with Crippen LogP contribution in [0.3, 0.4) is 0 Å². The lowest BCUT2D eigenvalue weighted by Gasteiger charge is -2.36. The summed E-state index contributed by atoms with van der Waals surface area (Å²) >= 11 is 0. The van der Waals surface area contributed by atoms with E-state index in [2.05, 4.69) is 5.32 Å². The summed E-state index contributed by atoms with van der Waals surface area (Å²) in [5.41, 5.74) is 0. The minimum absolute atomic E-state index is 0.287. The van der Waals surface area contributed by atoms with E-state index in [1.165, 1.54) is 0 Å². The molecule has 0 aromatic carbocycles. The van der Waals surface area contributed by atoms with Crippen LogP contribution in [-0.4, -0.2) is 60.9 Å². The molecule has 3 rings (SSSR count). The largest absolute Gasteiger partial charge is 0.339 e. The van der Waals surface area contributed by atoms with Gasteiger partial charge in [-0.1, -0.05) is 0 Å². The number of amides is 2. The molecule has 1 saturated carbocycles. The van der Waals surface area contributed by atoms with Gasteiger partial charge in [0.1, 0.15) is 0 Å². The number of rotatable bonds is 3. The SMILES string of the molecule is O=C(CC1CCNCC1)N1CCN(C(=O)C2CC2)CC1. The van der Waals surface area contributed by atoms with Gasteiger partial charge in [-0.25, -0.2) is 0 Å². The van der Waals surface area contributed by atoms with Crippen LogP contribution in [0.25, 0.3) is 0 Å². The third-order valence-corrected chi connectivity index (χ3v) is 4.79. The first kappa shape index (κ1) is 13.9. The van der Waals surface area contributed by atoms with Crippen LogP contribution < -0.4 is 5.32 Å². The zero-order chi connectivity index (χ0) is 13.9. The monoisotopic (exact) mass is 279 g/mol. The van der Waals surface area contributed by atoms with Gasteiger partial charge < -0.3 is 15.1 Å². The lowest BCUT2D eigenvalue weighted by atomic mass is 9.94. The molecule has 20 heavy (non-hydrogen) atoms. The second-order valence-electron chi connectivity index (χ2n) is 6.38. The fraction of sp³-hybridized carbons (Fsp3) is 0.867. The number of piperazine rings is 1. The summed E-state index contributed by atoms with van der Waals surface area (Å²) in [5.74, 6) is 1.45. The standard InChI is InChI=1S/C15H25N3O2/c19-14(11-12-3-5-16-6-4-12)17-7-9-18(10-8-17)15(20)13-1-2-13/h12-13,16H,1-11H2. The summed E-state index contributed by atoms with van der Waals surface area (Å²) in [4.78, 5) is 28.2. The molecule has 0 aromatic heterocycles. The van der Waals surface area contributed by atoms with E-state index < -0.39 is 0 Å². The molecular weight excluding hydrogens is 254 g/mol. The Kier molecular flexibility index (Phi) is 4.24. The van der Waals surface area contributed by atoms with Crippen molar-refractivity contribution in [2.24, 2.45) is 11.8 Å². The molecule has 0 radical (unpaired) electrons. The molecule has 0 atom stereocenters. The summed E-state index contributed by atoms with van der Waals surface area (Å²) in [6.07, 6.45) is 5.05. The van der Waals surface area contributed by atoms with Gasteiger partial charge in [0.05, 0.1) is 0 Å². The fourth-order valence-corrected chi connectivity index (χ4v) is 3.23. The van der Waals surface area contributed by atoms with E-state index in [4.69, 9.17) is 0 Å². The quantitative estimate of drug-likeness (QED) is 0.816. The second-order valence-corrected chi connectivity index (χ2v) is 6.38. The number of hydrogen-bond acceptors (Lipinski definition) is 3. The van der Waals surface area contributed by atoms with Gasteiger partial charge in [-0.05, 0) is 44.7 Å². The lowest BCUT2D eigenvalue weighted by Crippen LogP contribution is -2.51. The van der Waals surface area contributed by atoms with Crippen molar-refractivity contribution in [3.05, 3.63) is 0 Å². The Bertz CT molecular complexity index is 367. The predicted octanol–water partition coefficient (Wildman–Crippen LogP) is 0.457. The summed E-state index contributed by atoms with van der Waals surface area (Å²) in [7, 11) is 0. The van der Waals surface area contributed by atoms with Crippen molar-refractivity contribution in [1.82, 2.24) is 15.1 Å². The highest BCUT2D eigenvalue weighted by atomic mass is 16.2. The van der Waals surface area contributed by atoms with Crippen molar-refractivity contribution in [3.8, 4) is 0 Å². The van der Waals surface area contributed by atoms with E-state index in [0.29, 0.717) is 24.2 Å². The molecular formula is C15H25N3O2. The van der Waals surface area contributed by atoms with Crippen LogP contribution in [0.5, 0.6) is 0 Å². The molecule has 2 heterocycles. The average Bonchev–Trinajstić information content (AvgIpc) is 3.32. The summed E-state index contributed by atoms with van der Waals surface area (Å²) in [6, 6.07) is 0. The first-order valence-corrected chi connectivity index (χ1v) is 8.01. The Labute approximate surface area is 120 Å². The molecule has 2 saturated heterocycles. The highest BCUT2D eigenvalue weighted by Crippen LogP contribution is 2.31. The number of hydrogen-bond donors (Lipinski definition) is 1. The van der Waals surface area contributed by atoms with Crippen molar-refractivity contribution in [3.63, 3.8) is 0 Å². The van der Waals surface area contributed by atoms with Crippen LogP contribution in [0.2, 0.25) is 0 Å². The molecule has 0 bridgehead atoms. The third-order valence-electron chi connectivity index (χ3n) is 4.79. The molecule has 0 spiro atoms. The van der Waals surface area contributed by atoms with Crippen LogP contribution in [0, 0.1) is 11.8 Å². The van der Waals surface area contributed by atoms with Gasteiger partial charge in [-0.15, -0.1) is 0 Å². The number of piperidine rings is 1. The van der Waals surface area contributed by atoms with E-state index in [1.54, 1.807) is 0 Å². The Balaban J connectivity index is 1.42. The van der Waals surface area contributed by atoms with E-state index in [-0.39, 0.29) is 5.91 Å². The van der Waals surface area contributed by atoms with Gasteiger partial charge in [0.15, 0.2) is 0 Å². The van der Waals surface area contributed by atoms with E-state index in [9.17, 15) is 9.59 Å². The van der Waals surface area contributed by atoms with Crippen molar-refractivity contribution in [1.29, 1.82) is 0 Å². The van der Waals surface area contributed by atoms with Gasteiger partial charge in [0.25, 0.3) is 0 Å². The summed E-state index contributed by atoms with van der Waals surface area (Å²) in [5, 5.41) is 3.33. The zero-order valence-corrected chi connectivity index (χ0v) is 12.1. The predicted molar refractivity (Wildman–Crippen MR) is 76.1 cm³/mol. The Hall–Kier alpha value is -1.10. The Morgan fingerprint density at radius 3 is 2.10 bits per heavy atom. The molecule has 3 fully saturated rings. The van der Waals surface area contributed by atoms with Crippen LogP contribution in [0.15, 0.2) is 0 Å². The van der Waals surface area contributed by atoms with Crippen LogP contribution in [0.4, 0.5) is 0 Å². The lowest BCUT2D eigenvalue weighted by molar-refractivity contribution is -0.140. The number of carbonyl (C=O) groups is 2. The topological polar surface area (TPSA) is 52.7 Å². The molecule has 3 aliphatic rings. The van der Waals surface area contributed by atoms with Gasteiger partial charge in [0, 0.05) is 38.5 Å². The normalized spacial score (nSPS) is 24.8. The highest BCUT2D eigenvalue weighted by molar-refractivity contribution is 5.81. The van der Waals surface area contributed by atoms with Crippen LogP contribution in [-0.2, 0) is 9.59 Å². The first-order valence-electron chi connectivity index (χ1n) is 8.01. The van der Waals surface area contributed by atoms with E-state index in [0.717, 1.165) is 65.0 Å². The molecule has 1 N–H and O–H groups in total. The number of carbonyl (C=O) groups excluding carboxylic acids is 2. The van der Waals surface area contributed by atoms with Crippen molar-refractivity contribution >= 4 is 11.8 Å². The molecule has 1 aliphatic carbocycles. The molecule has 2 amide bonds. The Morgan fingerprint density at radius 2 is 1.50 bits per heavy atom. The average molecular weight is 279 g/mol. The fourth-order valence-electron chi connectivity index (χ4n) is 3.23. The molecule has 2 aliphatic heterocycles. The minimum Gasteiger partial charge on any atom is -0.339 e. The van der Waals surface area contributed by atoms with Crippen molar-refractivity contribution in [2.45, 2.75) is 32.1 Å². The maximum absolute atomic E-state index is 12.3. The van der Waals surface area contributed by atoms with Gasteiger partial charge in [-0.2, -0.15) is 0 Å². The summed E-state index contributed by atoms with van der Waals surface area (Å²) in [6.45, 7) is 4.99. The molecule has 112 valence electrons. The maximum Gasteiger partial charge on any atom is 0.225 e. The van der Waals surface area contributed by atoms with E-state index in [1.807, 2.05) is 9.80 Å². The van der Waals surface area contributed by atoms with Gasteiger partial charge >= 0.3 is 0 Å². The highest BCUT2D eigenvalue weighted by Gasteiger charge is 2.35. The maximum atomic E-state index is 12.3. The van der Waals surface area contributed by atoms with Crippen LogP contribution in [0.1, 0.15) is 32.1 Å². The first-order chi connectivity index (χ1) is 9.74.